The summed E-state index contributed by atoms with van der Waals surface area (Å²) in [5.74, 6) is -5.50. The fraction of sp³-hybridized carbons (Fsp3) is 1.00. The van der Waals surface area contributed by atoms with E-state index in [2.05, 4.69) is 0 Å². The molecular formula is C10H14F4. The van der Waals surface area contributed by atoms with Crippen molar-refractivity contribution in [3.05, 3.63) is 0 Å². The van der Waals surface area contributed by atoms with Gasteiger partial charge in [0.1, 0.15) is 0 Å². The van der Waals surface area contributed by atoms with Crippen LogP contribution in [0, 0.1) is 10.8 Å². The lowest BCUT2D eigenvalue weighted by atomic mass is 9.71. The summed E-state index contributed by atoms with van der Waals surface area (Å²) in [7, 11) is 0. The van der Waals surface area contributed by atoms with Crippen LogP contribution < -0.4 is 0 Å². The van der Waals surface area contributed by atoms with Crippen molar-refractivity contribution in [2.24, 2.45) is 10.8 Å². The lowest BCUT2D eigenvalue weighted by Crippen LogP contribution is -2.25. The van der Waals surface area contributed by atoms with Crippen LogP contribution in [0.5, 0.6) is 0 Å². The van der Waals surface area contributed by atoms with Gasteiger partial charge in [0.2, 0.25) is 11.8 Å². The fourth-order valence-electron chi connectivity index (χ4n) is 3.39. The molecule has 0 N–H and O–H groups in total. The second kappa shape index (κ2) is 2.27. The molecule has 0 aromatic heterocycles. The average molecular weight is 210 g/mol. The first-order valence-corrected chi connectivity index (χ1v) is 4.83. The first kappa shape index (κ1) is 10.2. The number of fused-ring (bicyclic) bond motifs is 1. The van der Waals surface area contributed by atoms with E-state index in [1.807, 2.05) is 0 Å². The Labute approximate surface area is 80.7 Å². The van der Waals surface area contributed by atoms with Crippen molar-refractivity contribution in [1.29, 1.82) is 0 Å². The van der Waals surface area contributed by atoms with Crippen molar-refractivity contribution in [2.75, 3.05) is 0 Å². The molecule has 0 radical (unpaired) electrons. The summed E-state index contributed by atoms with van der Waals surface area (Å²) in [6.07, 6.45) is -1.53. The summed E-state index contributed by atoms with van der Waals surface area (Å²) in [5, 5.41) is 0. The minimum Gasteiger partial charge on any atom is -0.207 e. The van der Waals surface area contributed by atoms with Crippen LogP contribution in [0.1, 0.15) is 39.5 Å². The van der Waals surface area contributed by atoms with Crippen molar-refractivity contribution in [3.8, 4) is 0 Å². The number of hydrogen-bond acceptors (Lipinski definition) is 0. The van der Waals surface area contributed by atoms with E-state index in [-0.39, 0.29) is 25.7 Å². The molecular weight excluding hydrogens is 196 g/mol. The van der Waals surface area contributed by atoms with Gasteiger partial charge in [-0.15, -0.1) is 0 Å². The smallest absolute Gasteiger partial charge is 0.207 e. The molecule has 0 aliphatic heterocycles. The Morgan fingerprint density at radius 3 is 1.07 bits per heavy atom. The SMILES string of the molecule is CC12CC(F)(F)CC1(C)CC(F)(F)C2. The van der Waals surface area contributed by atoms with E-state index in [0.29, 0.717) is 0 Å². The topological polar surface area (TPSA) is 0 Å². The van der Waals surface area contributed by atoms with Gasteiger partial charge < -0.3 is 0 Å². The Morgan fingerprint density at radius 1 is 0.643 bits per heavy atom. The molecule has 0 heterocycles. The molecule has 0 bridgehead atoms. The Morgan fingerprint density at radius 2 is 0.857 bits per heavy atom. The Kier molecular flexibility index (Phi) is 1.66. The van der Waals surface area contributed by atoms with E-state index in [9.17, 15) is 17.6 Å². The maximum atomic E-state index is 13.2. The molecule has 0 atom stereocenters. The third kappa shape index (κ3) is 1.26. The van der Waals surface area contributed by atoms with E-state index in [1.54, 1.807) is 13.8 Å². The predicted molar refractivity (Wildman–Crippen MR) is 44.6 cm³/mol. The van der Waals surface area contributed by atoms with Gasteiger partial charge >= 0.3 is 0 Å². The van der Waals surface area contributed by atoms with Crippen molar-refractivity contribution in [1.82, 2.24) is 0 Å². The summed E-state index contributed by atoms with van der Waals surface area (Å²) < 4.78 is 52.7. The van der Waals surface area contributed by atoms with Crippen LogP contribution >= 0.6 is 0 Å². The zero-order valence-electron chi connectivity index (χ0n) is 8.34. The molecule has 2 rings (SSSR count). The molecule has 2 aliphatic rings. The zero-order valence-corrected chi connectivity index (χ0v) is 8.34. The zero-order chi connectivity index (χ0) is 10.8. The van der Waals surface area contributed by atoms with Crippen LogP contribution in [0.25, 0.3) is 0 Å². The summed E-state index contributed by atoms with van der Waals surface area (Å²) in [5.41, 5.74) is -1.78. The Hall–Kier alpha value is -0.280. The molecule has 82 valence electrons. The van der Waals surface area contributed by atoms with Crippen molar-refractivity contribution in [2.45, 2.75) is 51.4 Å². The van der Waals surface area contributed by atoms with Gasteiger partial charge in [-0.2, -0.15) is 0 Å². The van der Waals surface area contributed by atoms with E-state index in [1.165, 1.54) is 0 Å². The largest absolute Gasteiger partial charge is 0.249 e. The number of halogens is 4. The molecule has 14 heavy (non-hydrogen) atoms. The number of rotatable bonds is 0. The molecule has 0 aromatic rings. The highest BCUT2D eigenvalue weighted by molar-refractivity contribution is 5.12. The second-order valence-electron chi connectivity index (χ2n) is 5.54. The monoisotopic (exact) mass is 210 g/mol. The molecule has 0 amide bonds. The maximum absolute atomic E-state index is 13.2. The van der Waals surface area contributed by atoms with Crippen LogP contribution in [0.3, 0.4) is 0 Å². The normalized spacial score (nSPS) is 49.3. The number of hydrogen-bond donors (Lipinski definition) is 0. The van der Waals surface area contributed by atoms with Gasteiger partial charge in [0, 0.05) is 25.7 Å². The third-order valence-corrected chi connectivity index (χ3v) is 4.05. The molecule has 0 saturated heterocycles. The summed E-state index contributed by atoms with van der Waals surface area (Å²) >= 11 is 0. The summed E-state index contributed by atoms with van der Waals surface area (Å²) in [6, 6.07) is 0. The van der Waals surface area contributed by atoms with Gasteiger partial charge in [0.25, 0.3) is 0 Å². The highest BCUT2D eigenvalue weighted by atomic mass is 19.3. The Bertz CT molecular complexity index is 225. The molecule has 4 heteroatoms. The minimum atomic E-state index is -2.75. The molecule has 2 saturated carbocycles. The molecule has 0 unspecified atom stereocenters. The van der Waals surface area contributed by atoms with Crippen LogP contribution in [0.2, 0.25) is 0 Å². The minimum absolute atomic E-state index is 0.383. The van der Waals surface area contributed by atoms with Gasteiger partial charge in [-0.3, -0.25) is 0 Å². The van der Waals surface area contributed by atoms with Crippen LogP contribution in [-0.2, 0) is 0 Å². The van der Waals surface area contributed by atoms with Crippen molar-refractivity contribution < 1.29 is 17.6 Å². The quantitative estimate of drug-likeness (QED) is 0.532. The third-order valence-electron chi connectivity index (χ3n) is 4.05. The predicted octanol–water partition coefficient (Wildman–Crippen LogP) is 3.86. The fourth-order valence-corrected chi connectivity index (χ4v) is 3.39. The van der Waals surface area contributed by atoms with Gasteiger partial charge in [0.15, 0.2) is 0 Å². The van der Waals surface area contributed by atoms with Crippen molar-refractivity contribution >= 4 is 0 Å². The average Bonchev–Trinajstić information content (AvgIpc) is 1.99. The molecule has 2 fully saturated rings. The standard InChI is InChI=1S/C10H14F4/c1-7-3-9(11,12)5-8(7,2)6-10(13,14)4-7/h3-6H2,1-2H3. The van der Waals surface area contributed by atoms with Crippen LogP contribution in [0.4, 0.5) is 17.6 Å². The lowest BCUT2D eigenvalue weighted by Gasteiger charge is -2.31. The first-order chi connectivity index (χ1) is 6.08. The van der Waals surface area contributed by atoms with Gasteiger partial charge in [-0.25, -0.2) is 17.6 Å². The van der Waals surface area contributed by atoms with E-state index in [0.717, 1.165) is 0 Å². The molecule has 0 aromatic carbocycles. The first-order valence-electron chi connectivity index (χ1n) is 4.83. The van der Waals surface area contributed by atoms with E-state index in [4.69, 9.17) is 0 Å². The Balaban J connectivity index is 2.34. The van der Waals surface area contributed by atoms with Gasteiger partial charge in [0.05, 0.1) is 0 Å². The highest BCUT2D eigenvalue weighted by Crippen LogP contribution is 2.69. The van der Waals surface area contributed by atoms with Crippen LogP contribution in [-0.4, -0.2) is 11.8 Å². The summed E-state index contributed by atoms with van der Waals surface area (Å²) in [6.45, 7) is 3.16. The van der Waals surface area contributed by atoms with E-state index < -0.39 is 22.7 Å². The number of alkyl halides is 4. The molecule has 2 aliphatic carbocycles. The van der Waals surface area contributed by atoms with E-state index >= 15 is 0 Å². The van der Waals surface area contributed by atoms with Crippen LogP contribution in [0.15, 0.2) is 0 Å². The molecule has 0 nitrogen and oxygen atoms in total. The lowest BCUT2D eigenvalue weighted by molar-refractivity contribution is -0.0460. The van der Waals surface area contributed by atoms with Crippen molar-refractivity contribution in [3.63, 3.8) is 0 Å². The van der Waals surface area contributed by atoms with Gasteiger partial charge in [-0.05, 0) is 10.8 Å². The second-order valence-corrected chi connectivity index (χ2v) is 5.54. The molecule has 0 spiro atoms. The summed E-state index contributed by atoms with van der Waals surface area (Å²) in [4.78, 5) is 0. The maximum Gasteiger partial charge on any atom is 0.249 e. The van der Waals surface area contributed by atoms with Gasteiger partial charge in [-0.1, -0.05) is 13.8 Å². The highest BCUT2D eigenvalue weighted by Gasteiger charge is 2.69.